The zero-order valence-corrected chi connectivity index (χ0v) is 15.5. The quantitative estimate of drug-likeness (QED) is 0.849. The Hall–Kier alpha value is -1.52. The van der Waals surface area contributed by atoms with E-state index in [2.05, 4.69) is 52.2 Å². The van der Waals surface area contributed by atoms with E-state index < -0.39 is 0 Å². The molecule has 1 aromatic rings. The molecule has 1 fully saturated rings. The highest BCUT2D eigenvalue weighted by Crippen LogP contribution is 2.28. The van der Waals surface area contributed by atoms with Gasteiger partial charge in [-0.3, -0.25) is 5.32 Å². The molecule has 130 valence electrons. The molecule has 2 amide bonds. The molecule has 0 saturated heterocycles. The molecule has 0 spiro atoms. The second-order valence-electron chi connectivity index (χ2n) is 8.68. The molecule has 0 bridgehead atoms. The van der Waals surface area contributed by atoms with Gasteiger partial charge in [-0.25, -0.2) is 9.48 Å². The third-order valence-corrected chi connectivity index (χ3v) is 4.30. The van der Waals surface area contributed by atoms with E-state index in [-0.39, 0.29) is 17.0 Å². The molecule has 23 heavy (non-hydrogen) atoms. The summed E-state index contributed by atoms with van der Waals surface area (Å²) >= 11 is 0. The predicted octanol–water partition coefficient (Wildman–Crippen LogP) is 4.39. The van der Waals surface area contributed by atoms with Gasteiger partial charge in [0, 0.05) is 17.5 Å². The van der Waals surface area contributed by atoms with Crippen LogP contribution in [0.4, 0.5) is 10.6 Å². The highest BCUT2D eigenvalue weighted by Gasteiger charge is 2.26. The minimum Gasteiger partial charge on any atom is -0.335 e. The summed E-state index contributed by atoms with van der Waals surface area (Å²) in [5.74, 6) is 0.760. The lowest BCUT2D eigenvalue weighted by atomic mass is 9.92. The molecule has 0 aromatic carbocycles. The fourth-order valence-corrected chi connectivity index (χ4v) is 2.93. The lowest BCUT2D eigenvalue weighted by molar-refractivity contribution is 0.243. The van der Waals surface area contributed by atoms with Crippen molar-refractivity contribution in [2.45, 2.75) is 90.6 Å². The van der Waals surface area contributed by atoms with Crippen LogP contribution in [0.25, 0.3) is 0 Å². The van der Waals surface area contributed by atoms with Crippen molar-refractivity contribution in [3.8, 4) is 0 Å². The smallest absolute Gasteiger partial charge is 0.320 e. The number of hydrogen-bond acceptors (Lipinski definition) is 2. The Morgan fingerprint density at radius 3 is 2.26 bits per heavy atom. The molecule has 2 N–H and O–H groups in total. The lowest BCUT2D eigenvalue weighted by Crippen LogP contribution is -2.40. The zero-order chi connectivity index (χ0) is 17.3. The van der Waals surface area contributed by atoms with Crippen LogP contribution >= 0.6 is 0 Å². The third-order valence-electron chi connectivity index (χ3n) is 4.30. The van der Waals surface area contributed by atoms with E-state index in [0.717, 1.165) is 24.4 Å². The van der Waals surface area contributed by atoms with Gasteiger partial charge >= 0.3 is 6.03 Å². The van der Waals surface area contributed by atoms with Crippen LogP contribution in [0, 0.1) is 0 Å². The van der Waals surface area contributed by atoms with Crippen molar-refractivity contribution in [2.75, 3.05) is 5.32 Å². The number of anilines is 1. The second kappa shape index (κ2) is 6.54. The first kappa shape index (κ1) is 17.8. The summed E-state index contributed by atoms with van der Waals surface area (Å²) in [6, 6.07) is 2.17. The van der Waals surface area contributed by atoms with E-state index in [4.69, 9.17) is 5.10 Å². The first-order valence-electron chi connectivity index (χ1n) is 8.76. The number of nitrogens with one attached hydrogen (secondary N) is 2. The van der Waals surface area contributed by atoms with E-state index in [1.165, 1.54) is 19.3 Å². The predicted molar refractivity (Wildman–Crippen MR) is 95.0 cm³/mol. The summed E-state index contributed by atoms with van der Waals surface area (Å²) in [4.78, 5) is 12.4. The number of aromatic nitrogens is 2. The standard InChI is InChI=1S/C18H32N4O/c1-17(2,3)14-12-15(22(21-14)18(4,5)6)20-16(23)19-13-10-8-7-9-11-13/h12-13H,7-11H2,1-6H3,(H2,19,20,23). The maximum Gasteiger partial charge on any atom is 0.320 e. The fraction of sp³-hybridized carbons (Fsp3) is 0.778. The van der Waals surface area contributed by atoms with Crippen LogP contribution in [0.5, 0.6) is 0 Å². The molecule has 5 heteroatoms. The Kier molecular flexibility index (Phi) is 5.07. The van der Waals surface area contributed by atoms with Crippen molar-refractivity contribution in [1.82, 2.24) is 15.1 Å². The van der Waals surface area contributed by atoms with Gasteiger partial charge in [0.25, 0.3) is 0 Å². The van der Waals surface area contributed by atoms with Gasteiger partial charge in [-0.05, 0) is 33.6 Å². The molecule has 2 rings (SSSR count). The number of carbonyl (C=O) groups is 1. The van der Waals surface area contributed by atoms with Crippen LogP contribution in [0.15, 0.2) is 6.07 Å². The average Bonchev–Trinajstić information content (AvgIpc) is 2.83. The number of amides is 2. The van der Waals surface area contributed by atoms with Gasteiger partial charge in [-0.1, -0.05) is 40.0 Å². The highest BCUT2D eigenvalue weighted by molar-refractivity contribution is 5.88. The maximum atomic E-state index is 12.4. The Labute approximate surface area is 140 Å². The van der Waals surface area contributed by atoms with Crippen molar-refractivity contribution >= 4 is 11.8 Å². The van der Waals surface area contributed by atoms with Crippen molar-refractivity contribution in [2.24, 2.45) is 0 Å². The maximum absolute atomic E-state index is 12.4. The normalized spacial score (nSPS) is 17.1. The molecule has 0 radical (unpaired) electrons. The van der Waals surface area contributed by atoms with E-state index in [9.17, 15) is 4.79 Å². The average molecular weight is 320 g/mol. The van der Waals surface area contributed by atoms with E-state index in [1.807, 2.05) is 10.7 Å². The molecule has 1 aliphatic rings. The zero-order valence-electron chi connectivity index (χ0n) is 15.5. The molecule has 1 aromatic heterocycles. The van der Waals surface area contributed by atoms with Crippen LogP contribution in [0.2, 0.25) is 0 Å². The van der Waals surface area contributed by atoms with Gasteiger partial charge in [-0.15, -0.1) is 0 Å². The molecule has 1 saturated carbocycles. The van der Waals surface area contributed by atoms with Crippen molar-refractivity contribution < 1.29 is 4.79 Å². The van der Waals surface area contributed by atoms with Gasteiger partial charge in [0.05, 0.1) is 11.2 Å². The number of urea groups is 1. The fourth-order valence-electron chi connectivity index (χ4n) is 2.93. The minimum atomic E-state index is -0.184. The monoisotopic (exact) mass is 320 g/mol. The van der Waals surface area contributed by atoms with Crippen LogP contribution < -0.4 is 10.6 Å². The number of carbonyl (C=O) groups excluding carboxylic acids is 1. The third kappa shape index (κ3) is 4.72. The SMILES string of the molecule is CC(C)(C)c1cc(NC(=O)NC2CCCCC2)n(C(C)(C)C)n1. The van der Waals surface area contributed by atoms with E-state index in [1.54, 1.807) is 0 Å². The summed E-state index contributed by atoms with van der Waals surface area (Å²) in [6.45, 7) is 12.7. The Morgan fingerprint density at radius 1 is 1.13 bits per heavy atom. The van der Waals surface area contributed by atoms with Gasteiger partial charge in [0.1, 0.15) is 5.82 Å². The first-order chi connectivity index (χ1) is 10.6. The molecule has 1 heterocycles. The van der Waals surface area contributed by atoms with Crippen molar-refractivity contribution in [1.29, 1.82) is 0 Å². The number of nitrogens with zero attached hydrogens (tertiary/aromatic N) is 2. The number of rotatable bonds is 2. The van der Waals surface area contributed by atoms with Gasteiger partial charge < -0.3 is 5.32 Å². The topological polar surface area (TPSA) is 59.0 Å². The summed E-state index contributed by atoms with van der Waals surface area (Å²) in [5, 5.41) is 10.8. The minimum absolute atomic E-state index is 0.0488. The molecule has 0 aliphatic heterocycles. The van der Waals surface area contributed by atoms with Crippen LogP contribution in [0.3, 0.4) is 0 Å². The first-order valence-corrected chi connectivity index (χ1v) is 8.76. The molecular formula is C18H32N4O. The summed E-state index contributed by atoms with van der Waals surface area (Å²) < 4.78 is 1.91. The Balaban J connectivity index is 2.14. The highest BCUT2D eigenvalue weighted by atomic mass is 16.2. The summed E-state index contributed by atoms with van der Waals surface area (Å²) in [6.07, 6.45) is 5.86. The Bertz CT molecular complexity index is 542. The summed E-state index contributed by atoms with van der Waals surface area (Å²) in [5.41, 5.74) is 0.754. The lowest BCUT2D eigenvalue weighted by Gasteiger charge is -2.25. The largest absolute Gasteiger partial charge is 0.335 e. The molecule has 0 unspecified atom stereocenters. The number of hydrogen-bond donors (Lipinski definition) is 2. The molecule has 5 nitrogen and oxygen atoms in total. The molecule has 1 aliphatic carbocycles. The van der Waals surface area contributed by atoms with Crippen LogP contribution in [-0.4, -0.2) is 21.9 Å². The van der Waals surface area contributed by atoms with Crippen LogP contribution in [0.1, 0.15) is 79.3 Å². The molecular weight excluding hydrogens is 288 g/mol. The van der Waals surface area contributed by atoms with E-state index >= 15 is 0 Å². The van der Waals surface area contributed by atoms with Gasteiger partial charge in [0.15, 0.2) is 0 Å². The van der Waals surface area contributed by atoms with E-state index in [0.29, 0.717) is 6.04 Å². The van der Waals surface area contributed by atoms with Crippen molar-refractivity contribution in [3.63, 3.8) is 0 Å². The van der Waals surface area contributed by atoms with Gasteiger partial charge in [0.2, 0.25) is 0 Å². The second-order valence-corrected chi connectivity index (χ2v) is 8.68. The molecule has 0 atom stereocenters. The van der Waals surface area contributed by atoms with Crippen LogP contribution in [-0.2, 0) is 11.0 Å². The Morgan fingerprint density at radius 2 is 1.74 bits per heavy atom. The van der Waals surface area contributed by atoms with Crippen molar-refractivity contribution in [3.05, 3.63) is 11.8 Å². The van der Waals surface area contributed by atoms with Gasteiger partial charge in [-0.2, -0.15) is 5.10 Å². The summed E-state index contributed by atoms with van der Waals surface area (Å²) in [7, 11) is 0.